The number of non-ortho nitro benzene ring substituents is 1. The van der Waals surface area contributed by atoms with Crippen molar-refractivity contribution in [2.75, 3.05) is 0 Å². The van der Waals surface area contributed by atoms with Gasteiger partial charge in [-0.3, -0.25) is 24.6 Å². The molecule has 0 atom stereocenters. The standard InChI is InChI=1S/C21H17N3O4S/c1-13-17(16-5-3-4-6-18(16)22(13)2)11-19-20(25)23(21(26)29-19)12-14-7-9-15(10-8-14)24(27)28/h3-11H,12H2,1-2H3/b19-11-. The SMILES string of the molecule is Cc1c(/C=C2\SC(=O)N(Cc3ccc([N+](=O)[O-])cc3)C2=O)c2ccccc2n1C. The Bertz CT molecular complexity index is 1190. The van der Waals surface area contributed by atoms with Gasteiger partial charge >= 0.3 is 0 Å². The summed E-state index contributed by atoms with van der Waals surface area (Å²) < 4.78 is 2.06. The van der Waals surface area contributed by atoms with Crippen LogP contribution in [0.5, 0.6) is 0 Å². The molecule has 4 rings (SSSR count). The number of carbonyl (C=O) groups excluding carboxylic acids is 2. The third-order valence-corrected chi connectivity index (χ3v) is 5.99. The summed E-state index contributed by atoms with van der Waals surface area (Å²) >= 11 is 0.911. The quantitative estimate of drug-likeness (QED) is 0.358. The molecule has 2 aromatic carbocycles. The number of imide groups is 1. The first-order valence-corrected chi connectivity index (χ1v) is 9.71. The summed E-state index contributed by atoms with van der Waals surface area (Å²) in [5.41, 5.74) is 3.60. The number of thioether (sulfide) groups is 1. The Hall–Kier alpha value is -3.39. The predicted octanol–water partition coefficient (Wildman–Crippen LogP) is 4.63. The summed E-state index contributed by atoms with van der Waals surface area (Å²) in [6, 6.07) is 13.8. The van der Waals surface area contributed by atoms with Crippen LogP contribution < -0.4 is 0 Å². The minimum atomic E-state index is -0.487. The highest BCUT2D eigenvalue weighted by Crippen LogP contribution is 2.36. The number of aryl methyl sites for hydroxylation is 1. The molecule has 1 fully saturated rings. The molecular weight excluding hydrogens is 390 g/mol. The average molecular weight is 407 g/mol. The van der Waals surface area contributed by atoms with Crippen molar-refractivity contribution < 1.29 is 14.5 Å². The molecule has 29 heavy (non-hydrogen) atoms. The molecule has 1 aliphatic heterocycles. The van der Waals surface area contributed by atoms with E-state index in [4.69, 9.17) is 0 Å². The zero-order valence-corrected chi connectivity index (χ0v) is 16.6. The Morgan fingerprint density at radius 3 is 2.48 bits per heavy atom. The van der Waals surface area contributed by atoms with E-state index in [1.165, 1.54) is 12.1 Å². The van der Waals surface area contributed by atoms with Gasteiger partial charge in [-0.2, -0.15) is 0 Å². The fourth-order valence-corrected chi connectivity index (χ4v) is 4.23. The third-order valence-electron chi connectivity index (χ3n) is 5.09. The molecule has 7 nitrogen and oxygen atoms in total. The highest BCUT2D eigenvalue weighted by molar-refractivity contribution is 8.18. The smallest absolute Gasteiger partial charge is 0.293 e. The van der Waals surface area contributed by atoms with Gasteiger partial charge in [-0.1, -0.05) is 30.3 Å². The summed E-state index contributed by atoms with van der Waals surface area (Å²) in [6.07, 6.45) is 1.78. The van der Waals surface area contributed by atoms with Crippen LogP contribution in [-0.2, 0) is 18.4 Å². The summed E-state index contributed by atoms with van der Waals surface area (Å²) in [5.74, 6) is -0.356. The van der Waals surface area contributed by atoms with Crippen molar-refractivity contribution in [1.82, 2.24) is 9.47 Å². The van der Waals surface area contributed by atoms with E-state index in [-0.39, 0.29) is 23.4 Å². The maximum Gasteiger partial charge on any atom is 0.293 e. The number of para-hydroxylation sites is 1. The molecule has 2 amide bonds. The van der Waals surface area contributed by atoms with Crippen molar-refractivity contribution in [3.63, 3.8) is 0 Å². The van der Waals surface area contributed by atoms with Crippen molar-refractivity contribution in [2.45, 2.75) is 13.5 Å². The van der Waals surface area contributed by atoms with E-state index in [9.17, 15) is 19.7 Å². The molecule has 3 aromatic rings. The number of carbonyl (C=O) groups is 2. The van der Waals surface area contributed by atoms with Crippen molar-refractivity contribution >= 4 is 45.6 Å². The Morgan fingerprint density at radius 2 is 1.79 bits per heavy atom. The van der Waals surface area contributed by atoms with Gasteiger partial charge in [0, 0.05) is 41.3 Å². The van der Waals surface area contributed by atoms with Gasteiger partial charge in [0.15, 0.2) is 0 Å². The number of aromatic nitrogens is 1. The highest BCUT2D eigenvalue weighted by Gasteiger charge is 2.35. The van der Waals surface area contributed by atoms with Gasteiger partial charge in [0.05, 0.1) is 16.4 Å². The molecule has 1 aromatic heterocycles. The molecular formula is C21H17N3O4S. The molecule has 1 aliphatic rings. The summed E-state index contributed by atoms with van der Waals surface area (Å²) in [6.45, 7) is 2.06. The van der Waals surface area contributed by atoms with Gasteiger partial charge < -0.3 is 4.57 Å². The van der Waals surface area contributed by atoms with E-state index in [1.54, 1.807) is 18.2 Å². The van der Waals surface area contributed by atoms with Crippen LogP contribution in [-0.4, -0.2) is 25.5 Å². The fraction of sp³-hybridized carbons (Fsp3) is 0.143. The monoisotopic (exact) mass is 407 g/mol. The zero-order valence-electron chi connectivity index (χ0n) is 15.8. The van der Waals surface area contributed by atoms with Crippen LogP contribution in [0.4, 0.5) is 10.5 Å². The molecule has 2 heterocycles. The first-order valence-electron chi connectivity index (χ1n) is 8.89. The average Bonchev–Trinajstić information content (AvgIpc) is 3.11. The normalized spacial score (nSPS) is 15.7. The second-order valence-electron chi connectivity index (χ2n) is 6.77. The zero-order chi connectivity index (χ0) is 20.7. The Balaban J connectivity index is 1.63. The van der Waals surface area contributed by atoms with Crippen LogP contribution in [0.25, 0.3) is 17.0 Å². The molecule has 0 N–H and O–H groups in total. The molecule has 8 heteroatoms. The van der Waals surface area contributed by atoms with Gasteiger partial charge in [0.1, 0.15) is 0 Å². The number of nitro groups is 1. The van der Waals surface area contributed by atoms with Crippen molar-refractivity contribution in [3.05, 3.63) is 80.4 Å². The van der Waals surface area contributed by atoms with E-state index in [1.807, 2.05) is 38.2 Å². The van der Waals surface area contributed by atoms with E-state index < -0.39 is 4.92 Å². The van der Waals surface area contributed by atoms with E-state index >= 15 is 0 Å². The Labute approximate surface area is 170 Å². The van der Waals surface area contributed by atoms with E-state index in [0.717, 1.165) is 38.8 Å². The topological polar surface area (TPSA) is 85.5 Å². The number of amides is 2. The van der Waals surface area contributed by atoms with Crippen LogP contribution in [0.15, 0.2) is 53.4 Å². The lowest BCUT2D eigenvalue weighted by Gasteiger charge is -2.12. The number of nitro benzene ring substituents is 1. The molecule has 0 aliphatic carbocycles. The lowest BCUT2D eigenvalue weighted by atomic mass is 10.1. The summed E-state index contributed by atoms with van der Waals surface area (Å²) in [7, 11) is 1.97. The highest BCUT2D eigenvalue weighted by atomic mass is 32.2. The van der Waals surface area contributed by atoms with Crippen LogP contribution in [0.2, 0.25) is 0 Å². The number of nitrogens with zero attached hydrogens (tertiary/aromatic N) is 3. The second-order valence-corrected chi connectivity index (χ2v) is 7.76. The molecule has 0 spiro atoms. The number of hydrogen-bond donors (Lipinski definition) is 0. The lowest BCUT2D eigenvalue weighted by molar-refractivity contribution is -0.384. The van der Waals surface area contributed by atoms with Gasteiger partial charge in [0.2, 0.25) is 0 Å². The number of fused-ring (bicyclic) bond motifs is 1. The first kappa shape index (κ1) is 18.9. The van der Waals surface area contributed by atoms with Gasteiger partial charge in [-0.25, -0.2) is 0 Å². The fourth-order valence-electron chi connectivity index (χ4n) is 3.41. The summed E-state index contributed by atoms with van der Waals surface area (Å²) in [5, 5.41) is 11.4. The minimum absolute atomic E-state index is 0.0331. The Kier molecular flexibility index (Phi) is 4.71. The maximum atomic E-state index is 12.9. The van der Waals surface area contributed by atoms with Crippen molar-refractivity contribution in [2.24, 2.45) is 7.05 Å². The molecule has 0 saturated carbocycles. The third kappa shape index (κ3) is 3.31. The van der Waals surface area contributed by atoms with Crippen LogP contribution in [0.1, 0.15) is 16.8 Å². The predicted molar refractivity (Wildman–Crippen MR) is 112 cm³/mol. The second kappa shape index (κ2) is 7.21. The number of hydrogen-bond acceptors (Lipinski definition) is 5. The van der Waals surface area contributed by atoms with Crippen molar-refractivity contribution in [3.8, 4) is 0 Å². The minimum Gasteiger partial charge on any atom is -0.347 e. The number of benzene rings is 2. The van der Waals surface area contributed by atoms with Crippen LogP contribution >= 0.6 is 11.8 Å². The molecule has 1 saturated heterocycles. The molecule has 0 bridgehead atoms. The van der Waals surface area contributed by atoms with Crippen molar-refractivity contribution in [1.29, 1.82) is 0 Å². The van der Waals surface area contributed by atoms with Crippen LogP contribution in [0, 0.1) is 17.0 Å². The largest absolute Gasteiger partial charge is 0.347 e. The van der Waals surface area contributed by atoms with E-state index in [2.05, 4.69) is 4.57 Å². The Morgan fingerprint density at radius 1 is 1.10 bits per heavy atom. The lowest BCUT2D eigenvalue weighted by Crippen LogP contribution is -2.27. The number of rotatable bonds is 4. The van der Waals surface area contributed by atoms with Gasteiger partial charge in [-0.05, 0) is 36.4 Å². The summed E-state index contributed by atoms with van der Waals surface area (Å²) in [4.78, 5) is 37.1. The first-order chi connectivity index (χ1) is 13.9. The maximum absolute atomic E-state index is 12.9. The molecule has 0 radical (unpaired) electrons. The van der Waals surface area contributed by atoms with Crippen LogP contribution in [0.3, 0.4) is 0 Å². The molecule has 146 valence electrons. The van der Waals surface area contributed by atoms with Gasteiger partial charge in [-0.15, -0.1) is 0 Å². The molecule has 0 unspecified atom stereocenters. The van der Waals surface area contributed by atoms with Gasteiger partial charge in [0.25, 0.3) is 16.8 Å². The van der Waals surface area contributed by atoms with E-state index in [0.29, 0.717) is 10.5 Å².